The molecule has 2 rings (SSSR count). The smallest absolute Gasteiger partial charge is 0.329 e. The van der Waals surface area contributed by atoms with E-state index in [0.717, 1.165) is 0 Å². The molecule has 164 valence electrons. The molecule has 0 bridgehead atoms. The molecule has 0 saturated carbocycles. The molecule has 0 radical (unpaired) electrons. The quantitative estimate of drug-likeness (QED) is 0.291. The molecule has 0 saturated heterocycles. The molecule has 1 heterocycles. The van der Waals surface area contributed by atoms with E-state index in [1.807, 2.05) is 0 Å². The molecule has 0 aliphatic rings. The number of nitrogens with one attached hydrogen (secondary N) is 4. The molecule has 12 heteroatoms. The standard InChI is InChI=1S/C19H19Cl2N5O5/c1-10(2)24-18(29)19(30)26-23-9-13-5-4-12(31-13)8-22-16(27)17(28)25-11-3-6-14(20)15(21)7-11/h3-7,9-10H,8H2,1-2H3,(H,22,27)(H,24,29)(H,25,28)(H,26,30)/b23-9+. The van der Waals surface area contributed by atoms with Gasteiger partial charge in [0.05, 0.1) is 22.8 Å². The van der Waals surface area contributed by atoms with Crippen LogP contribution in [0.25, 0.3) is 0 Å². The van der Waals surface area contributed by atoms with Gasteiger partial charge in [-0.2, -0.15) is 5.10 Å². The van der Waals surface area contributed by atoms with Gasteiger partial charge in [0.2, 0.25) is 0 Å². The number of anilines is 1. The van der Waals surface area contributed by atoms with Gasteiger partial charge in [0, 0.05) is 11.7 Å². The number of carbonyl (C=O) groups is 4. The molecule has 0 spiro atoms. The number of furan rings is 1. The predicted octanol–water partition coefficient (Wildman–Crippen LogP) is 1.82. The highest BCUT2D eigenvalue weighted by atomic mass is 35.5. The third-order valence-corrected chi connectivity index (χ3v) is 4.21. The highest BCUT2D eigenvalue weighted by Gasteiger charge is 2.15. The van der Waals surface area contributed by atoms with E-state index in [1.165, 1.54) is 30.5 Å². The second kappa shape index (κ2) is 11.1. The van der Waals surface area contributed by atoms with Gasteiger partial charge in [0.25, 0.3) is 0 Å². The number of rotatable bonds is 6. The van der Waals surface area contributed by atoms with E-state index in [9.17, 15) is 19.2 Å². The normalized spacial score (nSPS) is 10.7. The summed E-state index contributed by atoms with van der Waals surface area (Å²) in [5.41, 5.74) is 2.37. The Balaban J connectivity index is 1.80. The second-order valence-electron chi connectivity index (χ2n) is 6.40. The van der Waals surface area contributed by atoms with Crippen LogP contribution in [-0.2, 0) is 25.7 Å². The Morgan fingerprint density at radius 3 is 2.42 bits per heavy atom. The van der Waals surface area contributed by atoms with Crippen LogP contribution in [0, 0.1) is 0 Å². The van der Waals surface area contributed by atoms with Crippen molar-refractivity contribution in [2.75, 3.05) is 5.32 Å². The third-order valence-electron chi connectivity index (χ3n) is 3.47. The summed E-state index contributed by atoms with van der Waals surface area (Å²) >= 11 is 11.7. The summed E-state index contributed by atoms with van der Waals surface area (Å²) in [5, 5.41) is 11.4. The second-order valence-corrected chi connectivity index (χ2v) is 7.21. The van der Waals surface area contributed by atoms with Gasteiger partial charge in [-0.05, 0) is 44.2 Å². The summed E-state index contributed by atoms with van der Waals surface area (Å²) < 4.78 is 5.39. The minimum atomic E-state index is -0.919. The van der Waals surface area contributed by atoms with Crippen molar-refractivity contribution in [2.45, 2.75) is 26.4 Å². The molecule has 31 heavy (non-hydrogen) atoms. The van der Waals surface area contributed by atoms with E-state index in [4.69, 9.17) is 27.6 Å². The molecule has 2 aromatic rings. The number of halogens is 2. The molecule has 0 aliphatic carbocycles. The van der Waals surface area contributed by atoms with Gasteiger partial charge in [0.1, 0.15) is 11.5 Å². The maximum absolute atomic E-state index is 11.9. The summed E-state index contributed by atoms with van der Waals surface area (Å²) in [6.07, 6.45) is 1.18. The lowest BCUT2D eigenvalue weighted by Gasteiger charge is -2.06. The maximum atomic E-state index is 11.9. The van der Waals surface area contributed by atoms with E-state index >= 15 is 0 Å². The first-order chi connectivity index (χ1) is 14.7. The molecule has 0 unspecified atom stereocenters. The van der Waals surface area contributed by atoms with Gasteiger partial charge in [-0.15, -0.1) is 0 Å². The number of nitrogens with zero attached hydrogens (tertiary/aromatic N) is 1. The monoisotopic (exact) mass is 467 g/mol. The summed E-state index contributed by atoms with van der Waals surface area (Å²) in [6.45, 7) is 3.37. The SMILES string of the molecule is CC(C)NC(=O)C(=O)N/N=C/c1ccc(CNC(=O)C(=O)Nc2ccc(Cl)c(Cl)c2)o1. The first-order valence-corrected chi connectivity index (χ1v) is 9.68. The van der Waals surface area contributed by atoms with Gasteiger partial charge in [-0.1, -0.05) is 23.2 Å². The van der Waals surface area contributed by atoms with Gasteiger partial charge in [-0.25, -0.2) is 5.43 Å². The molecule has 1 aromatic carbocycles. The van der Waals surface area contributed by atoms with Crippen LogP contribution in [0.5, 0.6) is 0 Å². The first-order valence-electron chi connectivity index (χ1n) is 8.92. The number of amides is 4. The maximum Gasteiger partial charge on any atom is 0.329 e. The highest BCUT2D eigenvalue weighted by molar-refractivity contribution is 6.43. The van der Waals surface area contributed by atoms with E-state index in [-0.39, 0.29) is 23.4 Å². The van der Waals surface area contributed by atoms with Crippen molar-refractivity contribution in [1.29, 1.82) is 0 Å². The molecule has 4 N–H and O–H groups in total. The number of benzene rings is 1. The van der Waals surface area contributed by atoms with E-state index < -0.39 is 23.6 Å². The topological polar surface area (TPSA) is 142 Å². The van der Waals surface area contributed by atoms with Crippen LogP contribution in [-0.4, -0.2) is 35.9 Å². The third kappa shape index (κ3) is 7.76. The minimum absolute atomic E-state index is 0.0649. The lowest BCUT2D eigenvalue weighted by Crippen LogP contribution is -2.41. The number of hydrogen-bond donors (Lipinski definition) is 4. The molecular weight excluding hydrogens is 449 g/mol. The van der Waals surface area contributed by atoms with Crippen molar-refractivity contribution in [3.8, 4) is 0 Å². The molecule has 10 nitrogen and oxygen atoms in total. The Labute approximate surface area is 187 Å². The summed E-state index contributed by atoms with van der Waals surface area (Å²) in [4.78, 5) is 46.8. The summed E-state index contributed by atoms with van der Waals surface area (Å²) in [6, 6.07) is 7.30. The van der Waals surface area contributed by atoms with Crippen molar-refractivity contribution < 1.29 is 23.6 Å². The van der Waals surface area contributed by atoms with E-state index in [2.05, 4.69) is 26.5 Å². The van der Waals surface area contributed by atoms with Gasteiger partial charge in [0.15, 0.2) is 0 Å². The average molecular weight is 468 g/mol. The fourth-order valence-corrected chi connectivity index (χ4v) is 2.40. The van der Waals surface area contributed by atoms with Crippen LogP contribution < -0.4 is 21.4 Å². The highest BCUT2D eigenvalue weighted by Crippen LogP contribution is 2.24. The Morgan fingerprint density at radius 1 is 1.00 bits per heavy atom. The molecule has 0 aliphatic heterocycles. The Kier molecular flexibility index (Phi) is 8.59. The number of carbonyl (C=O) groups excluding carboxylic acids is 4. The molecule has 0 atom stereocenters. The Morgan fingerprint density at radius 2 is 1.74 bits per heavy atom. The van der Waals surface area contributed by atoms with Crippen molar-refractivity contribution >= 4 is 58.7 Å². The van der Waals surface area contributed by atoms with E-state index in [0.29, 0.717) is 16.5 Å². The summed E-state index contributed by atoms with van der Waals surface area (Å²) in [5.74, 6) is -2.92. The van der Waals surface area contributed by atoms with Crippen molar-refractivity contribution in [2.24, 2.45) is 5.10 Å². The zero-order chi connectivity index (χ0) is 23.0. The molecule has 1 aromatic heterocycles. The zero-order valence-corrected chi connectivity index (χ0v) is 18.0. The molecule has 0 fully saturated rings. The molecule has 4 amide bonds. The lowest BCUT2D eigenvalue weighted by molar-refractivity contribution is -0.139. The van der Waals surface area contributed by atoms with Gasteiger partial charge in [-0.3, -0.25) is 19.2 Å². The van der Waals surface area contributed by atoms with Crippen LogP contribution in [0.2, 0.25) is 10.0 Å². The average Bonchev–Trinajstić information content (AvgIpc) is 3.16. The van der Waals surface area contributed by atoms with Crippen molar-refractivity contribution in [3.63, 3.8) is 0 Å². The van der Waals surface area contributed by atoms with Crippen molar-refractivity contribution in [3.05, 3.63) is 51.9 Å². The zero-order valence-electron chi connectivity index (χ0n) is 16.5. The van der Waals surface area contributed by atoms with Crippen LogP contribution in [0.1, 0.15) is 25.4 Å². The Hall–Kier alpha value is -3.37. The number of hydrazone groups is 1. The van der Waals surface area contributed by atoms with Crippen LogP contribution in [0.15, 0.2) is 39.9 Å². The van der Waals surface area contributed by atoms with Crippen LogP contribution >= 0.6 is 23.2 Å². The van der Waals surface area contributed by atoms with Gasteiger partial charge < -0.3 is 20.4 Å². The van der Waals surface area contributed by atoms with Gasteiger partial charge >= 0.3 is 23.6 Å². The fraction of sp³-hybridized carbons (Fsp3) is 0.211. The van der Waals surface area contributed by atoms with E-state index in [1.54, 1.807) is 19.9 Å². The largest absolute Gasteiger partial charge is 0.458 e. The minimum Gasteiger partial charge on any atom is -0.458 e. The predicted molar refractivity (Wildman–Crippen MR) is 115 cm³/mol. The van der Waals surface area contributed by atoms with Crippen molar-refractivity contribution in [1.82, 2.24) is 16.1 Å². The van der Waals surface area contributed by atoms with Crippen LogP contribution in [0.3, 0.4) is 0 Å². The number of hydrogen-bond acceptors (Lipinski definition) is 6. The Bertz CT molecular complexity index is 1020. The lowest BCUT2D eigenvalue weighted by atomic mass is 10.3. The molecular formula is C19H19Cl2N5O5. The fourth-order valence-electron chi connectivity index (χ4n) is 2.10. The first kappa shape index (κ1) is 23.9. The van der Waals surface area contributed by atoms with Crippen LogP contribution in [0.4, 0.5) is 5.69 Å². The summed E-state index contributed by atoms with van der Waals surface area (Å²) in [7, 11) is 0.